The van der Waals surface area contributed by atoms with E-state index in [1.807, 2.05) is 0 Å². The second-order valence-electron chi connectivity index (χ2n) is 9.47. The van der Waals surface area contributed by atoms with Gasteiger partial charge in [0.05, 0.1) is 5.69 Å². The molecule has 4 heteroatoms. The summed E-state index contributed by atoms with van der Waals surface area (Å²) >= 11 is 0. The van der Waals surface area contributed by atoms with E-state index in [-0.39, 0.29) is 12.0 Å². The van der Waals surface area contributed by atoms with E-state index in [2.05, 4.69) is 67.4 Å². The zero-order chi connectivity index (χ0) is 20.4. The molecular formula is C25H35N3O. The van der Waals surface area contributed by atoms with Gasteiger partial charge in [-0.25, -0.2) is 4.98 Å². The molecule has 2 aromatic rings. The lowest BCUT2D eigenvalue weighted by molar-refractivity contribution is 0.284. The molecule has 2 atom stereocenters. The summed E-state index contributed by atoms with van der Waals surface area (Å²) in [7, 11) is 0. The van der Waals surface area contributed by atoms with Crippen LogP contribution in [0.5, 0.6) is 0 Å². The molecule has 29 heavy (non-hydrogen) atoms. The van der Waals surface area contributed by atoms with Crippen molar-refractivity contribution in [3.05, 3.63) is 47.5 Å². The third kappa shape index (κ3) is 4.34. The predicted octanol–water partition coefficient (Wildman–Crippen LogP) is 4.47. The number of hydrogen-bond donors (Lipinski definition) is 2. The maximum Gasteiger partial charge on any atom is 0.129 e. The second kappa shape index (κ2) is 8.45. The highest BCUT2D eigenvalue weighted by molar-refractivity contribution is 5.64. The fourth-order valence-electron chi connectivity index (χ4n) is 4.88. The van der Waals surface area contributed by atoms with Gasteiger partial charge in [-0.15, -0.1) is 0 Å². The molecule has 1 aliphatic carbocycles. The third-order valence-corrected chi connectivity index (χ3v) is 6.83. The van der Waals surface area contributed by atoms with Gasteiger partial charge in [-0.1, -0.05) is 39.0 Å². The molecule has 2 N–H and O–H groups in total. The molecule has 1 aromatic carbocycles. The van der Waals surface area contributed by atoms with Gasteiger partial charge in [0.15, 0.2) is 0 Å². The molecular weight excluding hydrogens is 358 g/mol. The Morgan fingerprint density at radius 1 is 1.21 bits per heavy atom. The van der Waals surface area contributed by atoms with Gasteiger partial charge < -0.3 is 15.3 Å². The third-order valence-electron chi connectivity index (χ3n) is 6.83. The molecule has 4 nitrogen and oxygen atoms in total. The molecule has 0 bridgehead atoms. The van der Waals surface area contributed by atoms with Crippen LogP contribution in [-0.4, -0.2) is 42.4 Å². The first-order chi connectivity index (χ1) is 14.0. The van der Waals surface area contributed by atoms with Gasteiger partial charge in [0.1, 0.15) is 5.82 Å². The van der Waals surface area contributed by atoms with Gasteiger partial charge in [-0.05, 0) is 72.9 Å². The van der Waals surface area contributed by atoms with Crippen LogP contribution in [0.4, 0.5) is 5.82 Å². The summed E-state index contributed by atoms with van der Waals surface area (Å²) in [5.41, 5.74) is 5.53. The lowest BCUT2D eigenvalue weighted by Crippen LogP contribution is -2.33. The van der Waals surface area contributed by atoms with E-state index in [1.165, 1.54) is 29.5 Å². The van der Waals surface area contributed by atoms with Gasteiger partial charge in [0, 0.05) is 31.3 Å². The minimum Gasteiger partial charge on any atom is -0.396 e. The van der Waals surface area contributed by atoms with Crippen LogP contribution in [0.3, 0.4) is 0 Å². The first kappa shape index (κ1) is 20.4. The van der Waals surface area contributed by atoms with Crippen LogP contribution in [0.1, 0.15) is 63.5 Å². The number of aromatic nitrogens is 1. The van der Waals surface area contributed by atoms with Crippen molar-refractivity contribution in [3.63, 3.8) is 0 Å². The van der Waals surface area contributed by atoms with E-state index in [9.17, 15) is 0 Å². The summed E-state index contributed by atoms with van der Waals surface area (Å²) in [5.74, 6) is 1.71. The van der Waals surface area contributed by atoms with Crippen LogP contribution in [0.25, 0.3) is 11.3 Å². The van der Waals surface area contributed by atoms with Crippen LogP contribution in [0, 0.1) is 0 Å². The highest BCUT2D eigenvalue weighted by Gasteiger charge is 2.31. The van der Waals surface area contributed by atoms with E-state index < -0.39 is 0 Å². The van der Waals surface area contributed by atoms with Gasteiger partial charge >= 0.3 is 0 Å². The number of pyridine rings is 1. The summed E-state index contributed by atoms with van der Waals surface area (Å²) in [5, 5.41) is 12.5. The largest absolute Gasteiger partial charge is 0.396 e. The van der Waals surface area contributed by atoms with E-state index in [0.717, 1.165) is 44.0 Å². The highest BCUT2D eigenvalue weighted by Crippen LogP contribution is 2.43. The molecule has 156 valence electrons. The summed E-state index contributed by atoms with van der Waals surface area (Å²) < 4.78 is 0. The Hall–Kier alpha value is -1.91. The number of hydrogen-bond acceptors (Lipinski definition) is 4. The number of nitrogens with one attached hydrogen (secondary N) is 1. The molecule has 2 unspecified atom stereocenters. The standard InChI is InChI=1S/C25H35N3O/c1-18-10-12-25(2,3)22-16-19(8-9-21(18)22)23-6-4-7-24(27-23)28-14-11-20(17-28)26-13-5-15-29/h4,6-9,16,18,20,26,29H,5,10-15,17H2,1-3H3. The zero-order valence-corrected chi connectivity index (χ0v) is 18.1. The number of aliphatic hydroxyl groups is 1. The van der Waals surface area contributed by atoms with Crippen LogP contribution < -0.4 is 10.2 Å². The molecule has 0 radical (unpaired) electrons. The Morgan fingerprint density at radius 2 is 2.07 bits per heavy atom. The Kier molecular flexibility index (Phi) is 5.93. The smallest absolute Gasteiger partial charge is 0.129 e. The monoisotopic (exact) mass is 393 g/mol. The fourth-order valence-corrected chi connectivity index (χ4v) is 4.88. The molecule has 1 aromatic heterocycles. The van der Waals surface area contributed by atoms with E-state index in [0.29, 0.717) is 12.0 Å². The average Bonchev–Trinajstić information content (AvgIpc) is 3.20. The molecule has 1 aliphatic heterocycles. The number of fused-ring (bicyclic) bond motifs is 1. The van der Waals surface area contributed by atoms with Gasteiger partial charge in [-0.2, -0.15) is 0 Å². The van der Waals surface area contributed by atoms with Crippen molar-refractivity contribution in [1.82, 2.24) is 10.3 Å². The summed E-state index contributed by atoms with van der Waals surface area (Å²) in [4.78, 5) is 7.41. The fraction of sp³-hybridized carbons (Fsp3) is 0.560. The van der Waals surface area contributed by atoms with Crippen molar-refractivity contribution in [1.29, 1.82) is 0 Å². The first-order valence-electron chi connectivity index (χ1n) is 11.2. The Balaban J connectivity index is 1.54. The number of benzene rings is 1. The van der Waals surface area contributed by atoms with E-state index in [4.69, 9.17) is 10.1 Å². The summed E-state index contributed by atoms with van der Waals surface area (Å²) in [6, 6.07) is 13.9. The van der Waals surface area contributed by atoms with E-state index in [1.54, 1.807) is 0 Å². The number of aliphatic hydroxyl groups excluding tert-OH is 1. The first-order valence-corrected chi connectivity index (χ1v) is 11.2. The van der Waals surface area contributed by atoms with Crippen molar-refractivity contribution in [2.24, 2.45) is 0 Å². The lowest BCUT2D eigenvalue weighted by atomic mass is 9.69. The summed E-state index contributed by atoms with van der Waals surface area (Å²) in [6.45, 7) is 10.2. The quantitative estimate of drug-likeness (QED) is 0.711. The molecule has 2 aliphatic rings. The van der Waals surface area contributed by atoms with Crippen LogP contribution in [0.15, 0.2) is 36.4 Å². The molecule has 2 heterocycles. The lowest BCUT2D eigenvalue weighted by Gasteiger charge is -2.36. The van der Waals surface area contributed by atoms with Crippen molar-refractivity contribution in [2.75, 3.05) is 31.1 Å². The normalized spacial score (nSPS) is 23.2. The maximum absolute atomic E-state index is 8.97. The van der Waals surface area contributed by atoms with Crippen LogP contribution in [0.2, 0.25) is 0 Å². The van der Waals surface area contributed by atoms with Gasteiger partial charge in [0.2, 0.25) is 0 Å². The van der Waals surface area contributed by atoms with Crippen molar-refractivity contribution in [2.45, 2.75) is 63.8 Å². The summed E-state index contributed by atoms with van der Waals surface area (Å²) in [6.07, 6.45) is 4.46. The highest BCUT2D eigenvalue weighted by atomic mass is 16.3. The number of nitrogens with zero attached hydrogens (tertiary/aromatic N) is 2. The van der Waals surface area contributed by atoms with E-state index >= 15 is 0 Å². The van der Waals surface area contributed by atoms with Gasteiger partial charge in [0.25, 0.3) is 0 Å². The Morgan fingerprint density at radius 3 is 2.90 bits per heavy atom. The van der Waals surface area contributed by atoms with Gasteiger partial charge in [-0.3, -0.25) is 0 Å². The topological polar surface area (TPSA) is 48.4 Å². The Bertz CT molecular complexity index is 848. The van der Waals surface area contributed by atoms with Crippen molar-refractivity contribution in [3.8, 4) is 11.3 Å². The molecule has 0 spiro atoms. The molecule has 1 saturated heterocycles. The molecule has 0 amide bonds. The molecule has 0 saturated carbocycles. The number of rotatable bonds is 6. The molecule has 4 rings (SSSR count). The second-order valence-corrected chi connectivity index (χ2v) is 9.47. The van der Waals surface area contributed by atoms with Crippen molar-refractivity contribution < 1.29 is 5.11 Å². The van der Waals surface area contributed by atoms with Crippen molar-refractivity contribution >= 4 is 5.82 Å². The van der Waals surface area contributed by atoms with Crippen LogP contribution in [-0.2, 0) is 5.41 Å². The number of anilines is 1. The van der Waals surface area contributed by atoms with Crippen LogP contribution >= 0.6 is 0 Å². The molecule has 1 fully saturated rings. The Labute approximate surface area is 175 Å². The maximum atomic E-state index is 8.97. The minimum absolute atomic E-state index is 0.234. The SMILES string of the molecule is CC1CCC(C)(C)c2cc(-c3cccc(N4CCC(NCCCO)C4)n3)ccc21. The average molecular weight is 394 g/mol. The predicted molar refractivity (Wildman–Crippen MR) is 121 cm³/mol. The zero-order valence-electron chi connectivity index (χ0n) is 18.1. The minimum atomic E-state index is 0.234.